The first kappa shape index (κ1) is 22.2. The SMILES string of the molecule is Cc1cc(CC(CO)(c2ccccc2)S(N)(=O)=O)n(C)c1C(=O)c1ccc(Cl)cc1. The molecule has 1 aromatic heterocycles. The molecule has 0 aliphatic carbocycles. The zero-order valence-electron chi connectivity index (χ0n) is 16.7. The first-order valence-corrected chi connectivity index (χ1v) is 11.2. The number of benzene rings is 2. The van der Waals surface area contributed by atoms with Crippen LogP contribution in [0.4, 0.5) is 0 Å². The van der Waals surface area contributed by atoms with Gasteiger partial charge in [0.15, 0.2) is 0 Å². The van der Waals surface area contributed by atoms with Crippen molar-refractivity contribution < 1.29 is 18.3 Å². The lowest BCUT2D eigenvalue weighted by Crippen LogP contribution is -2.46. The second-order valence-corrected chi connectivity index (χ2v) is 9.61. The number of aryl methyl sites for hydroxylation is 1. The van der Waals surface area contributed by atoms with E-state index in [0.717, 1.165) is 0 Å². The molecule has 30 heavy (non-hydrogen) atoms. The minimum Gasteiger partial charge on any atom is -0.394 e. The quantitative estimate of drug-likeness (QED) is 0.544. The van der Waals surface area contributed by atoms with E-state index in [1.165, 1.54) is 0 Å². The number of hydrogen-bond acceptors (Lipinski definition) is 4. The standard InChI is InChI=1S/C22H23ClN2O4S/c1-15-12-19(25(2)20(15)21(27)16-8-10-18(23)11-9-16)13-22(14-26,30(24,28)29)17-6-4-3-5-7-17/h3-12,26H,13-14H2,1-2H3,(H2,24,28,29). The van der Waals surface area contributed by atoms with Gasteiger partial charge in [-0.3, -0.25) is 4.79 Å². The molecular weight excluding hydrogens is 424 g/mol. The molecule has 3 aromatic rings. The van der Waals surface area contributed by atoms with Crippen molar-refractivity contribution in [1.29, 1.82) is 0 Å². The molecule has 0 spiro atoms. The van der Waals surface area contributed by atoms with Crippen molar-refractivity contribution in [2.24, 2.45) is 12.2 Å². The van der Waals surface area contributed by atoms with Crippen LogP contribution in [0.15, 0.2) is 60.7 Å². The summed E-state index contributed by atoms with van der Waals surface area (Å²) in [6.07, 6.45) is -0.0857. The molecule has 0 aliphatic rings. The number of halogens is 1. The molecule has 0 fully saturated rings. The highest BCUT2D eigenvalue weighted by Gasteiger charge is 2.44. The van der Waals surface area contributed by atoms with E-state index in [2.05, 4.69) is 0 Å². The Morgan fingerprint density at radius 1 is 1.13 bits per heavy atom. The monoisotopic (exact) mass is 446 g/mol. The number of nitrogens with zero attached hydrogens (tertiary/aromatic N) is 1. The van der Waals surface area contributed by atoms with E-state index in [0.29, 0.717) is 33.1 Å². The Kier molecular flexibility index (Phi) is 6.19. The first-order valence-electron chi connectivity index (χ1n) is 9.25. The third-order valence-electron chi connectivity index (χ3n) is 5.41. The summed E-state index contributed by atoms with van der Waals surface area (Å²) in [4.78, 5) is 13.1. The highest BCUT2D eigenvalue weighted by molar-refractivity contribution is 7.90. The topological polar surface area (TPSA) is 102 Å². The van der Waals surface area contributed by atoms with Crippen molar-refractivity contribution in [3.63, 3.8) is 0 Å². The van der Waals surface area contributed by atoms with Gasteiger partial charge in [-0.15, -0.1) is 0 Å². The predicted octanol–water partition coefficient (Wildman–Crippen LogP) is 2.94. The van der Waals surface area contributed by atoms with Gasteiger partial charge in [-0.05, 0) is 48.4 Å². The van der Waals surface area contributed by atoms with Crippen molar-refractivity contribution >= 4 is 27.4 Å². The number of carbonyl (C=O) groups is 1. The number of hydrogen-bond donors (Lipinski definition) is 2. The molecule has 8 heteroatoms. The summed E-state index contributed by atoms with van der Waals surface area (Å²) in [5.41, 5.74) is 2.55. The van der Waals surface area contributed by atoms with Gasteiger partial charge < -0.3 is 9.67 Å². The van der Waals surface area contributed by atoms with E-state index in [1.54, 1.807) is 79.2 Å². The molecular formula is C22H23ClN2O4S. The normalized spacial score (nSPS) is 13.8. The minimum atomic E-state index is -4.19. The fraction of sp³-hybridized carbons (Fsp3) is 0.227. The molecule has 1 atom stereocenters. The number of ketones is 1. The second-order valence-electron chi connectivity index (χ2n) is 7.30. The van der Waals surface area contributed by atoms with E-state index in [9.17, 15) is 18.3 Å². The van der Waals surface area contributed by atoms with Gasteiger partial charge in [0.1, 0.15) is 4.75 Å². The highest BCUT2D eigenvalue weighted by atomic mass is 35.5. The second kappa shape index (κ2) is 8.35. The van der Waals surface area contributed by atoms with Crippen LogP contribution in [0.5, 0.6) is 0 Å². The fourth-order valence-corrected chi connectivity index (χ4v) is 4.82. The van der Waals surface area contributed by atoms with Gasteiger partial charge in [0.05, 0.1) is 12.3 Å². The van der Waals surface area contributed by atoms with Gasteiger partial charge in [0.2, 0.25) is 15.8 Å². The molecule has 158 valence electrons. The number of sulfonamides is 1. The Balaban J connectivity index is 2.09. The molecule has 1 unspecified atom stereocenters. The summed E-state index contributed by atoms with van der Waals surface area (Å²) in [6, 6.07) is 16.7. The first-order chi connectivity index (χ1) is 14.1. The Bertz CT molecular complexity index is 1170. The van der Waals surface area contributed by atoms with Crippen LogP contribution in [0.2, 0.25) is 5.02 Å². The lowest BCUT2D eigenvalue weighted by molar-refractivity contribution is 0.103. The number of aliphatic hydroxyl groups is 1. The minimum absolute atomic E-state index is 0.0857. The number of aliphatic hydroxyl groups excluding tert-OH is 1. The zero-order valence-corrected chi connectivity index (χ0v) is 18.2. The van der Waals surface area contributed by atoms with Crippen LogP contribution in [0.3, 0.4) is 0 Å². The molecule has 0 saturated heterocycles. The summed E-state index contributed by atoms with van der Waals surface area (Å²) >= 11 is 5.91. The van der Waals surface area contributed by atoms with Crippen LogP contribution in [0.1, 0.15) is 32.9 Å². The van der Waals surface area contributed by atoms with E-state index < -0.39 is 21.4 Å². The maximum absolute atomic E-state index is 13.1. The number of primary sulfonamides is 1. The van der Waals surface area contributed by atoms with Crippen molar-refractivity contribution in [3.05, 3.63) is 93.8 Å². The third-order valence-corrected chi connectivity index (χ3v) is 7.26. The van der Waals surface area contributed by atoms with Gasteiger partial charge >= 0.3 is 0 Å². The van der Waals surface area contributed by atoms with Crippen LogP contribution in [0.25, 0.3) is 0 Å². The average molecular weight is 447 g/mol. The van der Waals surface area contributed by atoms with Crippen molar-refractivity contribution in [2.75, 3.05) is 6.61 Å². The van der Waals surface area contributed by atoms with Crippen LogP contribution < -0.4 is 5.14 Å². The number of nitrogens with two attached hydrogens (primary N) is 1. The van der Waals surface area contributed by atoms with Gasteiger partial charge in [-0.2, -0.15) is 0 Å². The summed E-state index contributed by atoms with van der Waals surface area (Å²) in [6.45, 7) is 1.09. The Labute approximate surface area is 181 Å². The van der Waals surface area contributed by atoms with Crippen molar-refractivity contribution in [2.45, 2.75) is 18.1 Å². The van der Waals surface area contributed by atoms with E-state index in [4.69, 9.17) is 16.7 Å². The maximum Gasteiger partial charge on any atom is 0.221 e. The Hall–Kier alpha value is -2.45. The Morgan fingerprint density at radius 2 is 1.73 bits per heavy atom. The van der Waals surface area contributed by atoms with Gasteiger partial charge in [-0.25, -0.2) is 13.6 Å². The zero-order chi connectivity index (χ0) is 22.1. The summed E-state index contributed by atoms with van der Waals surface area (Å²) in [5, 5.41) is 16.3. The van der Waals surface area contributed by atoms with Gasteiger partial charge in [0, 0.05) is 29.7 Å². The molecule has 0 aliphatic heterocycles. The van der Waals surface area contributed by atoms with E-state index in [-0.39, 0.29) is 12.2 Å². The van der Waals surface area contributed by atoms with Crippen molar-refractivity contribution in [1.82, 2.24) is 4.57 Å². The fourth-order valence-electron chi connectivity index (χ4n) is 3.70. The third kappa shape index (κ3) is 3.94. The molecule has 1 heterocycles. The molecule has 0 saturated carbocycles. The van der Waals surface area contributed by atoms with Crippen molar-refractivity contribution in [3.8, 4) is 0 Å². The molecule has 2 aromatic carbocycles. The number of rotatable bonds is 7. The van der Waals surface area contributed by atoms with Gasteiger partial charge in [0.25, 0.3) is 0 Å². The summed E-state index contributed by atoms with van der Waals surface area (Å²) in [5.74, 6) is -0.206. The summed E-state index contributed by atoms with van der Waals surface area (Å²) < 4.78 is 25.1. The smallest absolute Gasteiger partial charge is 0.221 e. The molecule has 0 radical (unpaired) electrons. The van der Waals surface area contributed by atoms with Gasteiger partial charge in [-0.1, -0.05) is 41.9 Å². The lowest BCUT2D eigenvalue weighted by Gasteiger charge is -2.30. The van der Waals surface area contributed by atoms with Crippen LogP contribution in [0, 0.1) is 6.92 Å². The summed E-state index contributed by atoms with van der Waals surface area (Å²) in [7, 11) is -2.49. The molecule has 0 bridgehead atoms. The number of carbonyl (C=O) groups excluding carboxylic acids is 1. The van der Waals surface area contributed by atoms with Crippen LogP contribution in [-0.2, 0) is 28.2 Å². The molecule has 3 rings (SSSR count). The molecule has 6 nitrogen and oxygen atoms in total. The maximum atomic E-state index is 13.1. The van der Waals surface area contributed by atoms with Crippen LogP contribution >= 0.6 is 11.6 Å². The highest BCUT2D eigenvalue weighted by Crippen LogP contribution is 2.34. The van der Waals surface area contributed by atoms with Crippen LogP contribution in [-0.4, -0.2) is 30.5 Å². The van der Waals surface area contributed by atoms with E-state index in [1.807, 2.05) is 0 Å². The Morgan fingerprint density at radius 3 is 2.27 bits per heavy atom. The predicted molar refractivity (Wildman–Crippen MR) is 117 cm³/mol. The lowest BCUT2D eigenvalue weighted by atomic mass is 9.93. The molecule has 0 amide bonds. The van der Waals surface area contributed by atoms with E-state index >= 15 is 0 Å². The molecule has 3 N–H and O–H groups in total. The number of aromatic nitrogens is 1. The average Bonchev–Trinajstić information content (AvgIpc) is 2.98. The largest absolute Gasteiger partial charge is 0.394 e.